The standard InChI is InChI=1S/C35H32N6O6S/c42-17-14-40-23-30(34(38-40)26-10-12-27(13-11-26)41(43)44)33-29-20-31(25-8-6-24(7-9-25)22-39-15-18-47-19-16-39)37-35(29)36-21-32(33)48(45,46)28-4-2-1-3-5-28/h1-13,20-21,23,42H,14-19,22H2,(H,36,37). The predicted octanol–water partition coefficient (Wildman–Crippen LogP) is 5.33. The molecule has 7 rings (SSSR count). The number of morpholine rings is 1. The number of aromatic nitrogens is 4. The van der Waals surface area contributed by atoms with Crippen LogP contribution in [0, 0.1) is 10.1 Å². The van der Waals surface area contributed by atoms with Crippen molar-refractivity contribution in [2.24, 2.45) is 0 Å². The Balaban J connectivity index is 1.39. The SMILES string of the molecule is O=[N+]([O-])c1ccc(-c2nn(CCO)cc2-c2c(S(=O)(=O)c3ccccc3)cnc3[nH]c(-c4ccc(CN5CCOCC5)cc4)cc23)cc1. The van der Waals surface area contributed by atoms with E-state index < -0.39 is 14.8 Å². The number of sulfone groups is 1. The fourth-order valence-electron chi connectivity index (χ4n) is 6.00. The first kappa shape index (κ1) is 31.4. The maximum absolute atomic E-state index is 14.2. The second-order valence-corrected chi connectivity index (χ2v) is 13.4. The number of aliphatic hydroxyl groups excluding tert-OH is 1. The lowest BCUT2D eigenvalue weighted by atomic mass is 9.99. The van der Waals surface area contributed by atoms with E-state index in [1.54, 1.807) is 36.5 Å². The second kappa shape index (κ2) is 13.1. The van der Waals surface area contributed by atoms with Crippen LogP contribution in [-0.4, -0.2) is 76.0 Å². The Morgan fingerprint density at radius 2 is 1.67 bits per heavy atom. The van der Waals surface area contributed by atoms with Gasteiger partial charge in [-0.15, -0.1) is 0 Å². The molecule has 1 aliphatic rings. The lowest BCUT2D eigenvalue weighted by Gasteiger charge is -2.26. The van der Waals surface area contributed by atoms with E-state index in [4.69, 9.17) is 9.84 Å². The minimum atomic E-state index is -4.07. The summed E-state index contributed by atoms with van der Waals surface area (Å²) < 4.78 is 35.5. The molecule has 0 spiro atoms. The van der Waals surface area contributed by atoms with Gasteiger partial charge in [0.2, 0.25) is 9.84 Å². The fourth-order valence-corrected chi connectivity index (χ4v) is 7.45. The minimum Gasteiger partial charge on any atom is -0.394 e. The molecule has 0 aliphatic carbocycles. The molecule has 4 heterocycles. The summed E-state index contributed by atoms with van der Waals surface area (Å²) in [6, 6.07) is 24.2. The van der Waals surface area contributed by atoms with Crippen molar-refractivity contribution >= 4 is 26.6 Å². The van der Waals surface area contributed by atoms with Crippen LogP contribution in [0.4, 0.5) is 5.69 Å². The molecule has 0 amide bonds. The largest absolute Gasteiger partial charge is 0.394 e. The third-order valence-corrected chi connectivity index (χ3v) is 10.2. The van der Waals surface area contributed by atoms with E-state index in [2.05, 4.69) is 27.0 Å². The van der Waals surface area contributed by atoms with Gasteiger partial charge in [0.25, 0.3) is 5.69 Å². The molecule has 3 aromatic heterocycles. The van der Waals surface area contributed by atoms with Crippen LogP contribution in [0.25, 0.3) is 44.7 Å². The molecule has 13 heteroatoms. The second-order valence-electron chi connectivity index (χ2n) is 11.5. The van der Waals surface area contributed by atoms with Crippen molar-refractivity contribution in [1.29, 1.82) is 0 Å². The molecule has 2 N–H and O–H groups in total. The summed E-state index contributed by atoms with van der Waals surface area (Å²) in [6.45, 7) is 4.03. The van der Waals surface area contributed by atoms with Crippen LogP contribution >= 0.6 is 0 Å². The number of fused-ring (bicyclic) bond motifs is 1. The normalized spacial score (nSPS) is 14.0. The summed E-state index contributed by atoms with van der Waals surface area (Å²) in [5, 5.41) is 26.4. The van der Waals surface area contributed by atoms with Gasteiger partial charge in [-0.25, -0.2) is 13.4 Å². The highest BCUT2D eigenvalue weighted by Crippen LogP contribution is 2.42. The number of hydrogen-bond donors (Lipinski definition) is 2. The van der Waals surface area contributed by atoms with E-state index in [-0.39, 0.29) is 28.6 Å². The number of non-ortho nitro benzene ring substituents is 1. The van der Waals surface area contributed by atoms with Gasteiger partial charge in [0, 0.05) is 71.9 Å². The van der Waals surface area contributed by atoms with Crippen molar-refractivity contribution in [3.8, 4) is 33.6 Å². The zero-order valence-electron chi connectivity index (χ0n) is 25.8. The highest BCUT2D eigenvalue weighted by Gasteiger charge is 2.29. The number of hydrogen-bond acceptors (Lipinski definition) is 9. The smallest absolute Gasteiger partial charge is 0.269 e. The Hall–Kier alpha value is -5.21. The van der Waals surface area contributed by atoms with Crippen LogP contribution in [0.5, 0.6) is 0 Å². The summed E-state index contributed by atoms with van der Waals surface area (Å²) in [6.07, 6.45) is 3.05. The predicted molar refractivity (Wildman–Crippen MR) is 180 cm³/mol. The van der Waals surface area contributed by atoms with Crippen molar-refractivity contribution in [1.82, 2.24) is 24.6 Å². The van der Waals surface area contributed by atoms with Gasteiger partial charge in [0.15, 0.2) is 0 Å². The molecule has 3 aromatic carbocycles. The average Bonchev–Trinajstić information content (AvgIpc) is 3.74. The molecule has 0 atom stereocenters. The van der Waals surface area contributed by atoms with Gasteiger partial charge in [-0.3, -0.25) is 19.7 Å². The molecule has 0 saturated carbocycles. The van der Waals surface area contributed by atoms with Crippen LogP contribution in [0.2, 0.25) is 0 Å². The van der Waals surface area contributed by atoms with E-state index in [1.165, 1.54) is 40.7 Å². The molecular formula is C35H32N6O6S. The van der Waals surface area contributed by atoms with Crippen molar-refractivity contribution in [2.75, 3.05) is 32.9 Å². The summed E-state index contributed by atoms with van der Waals surface area (Å²) in [4.78, 5) is 21.3. The van der Waals surface area contributed by atoms with Gasteiger partial charge in [0.05, 0.1) is 41.1 Å². The Kier molecular flexibility index (Phi) is 8.58. The topological polar surface area (TPSA) is 156 Å². The third-order valence-electron chi connectivity index (χ3n) is 8.45. The van der Waals surface area contributed by atoms with Crippen molar-refractivity contribution < 1.29 is 23.2 Å². The number of pyridine rings is 1. The van der Waals surface area contributed by atoms with E-state index in [0.717, 1.165) is 44.1 Å². The Morgan fingerprint density at radius 1 is 0.958 bits per heavy atom. The Morgan fingerprint density at radius 3 is 2.35 bits per heavy atom. The first-order valence-corrected chi connectivity index (χ1v) is 16.9. The average molecular weight is 665 g/mol. The van der Waals surface area contributed by atoms with Gasteiger partial charge in [-0.2, -0.15) is 5.10 Å². The fraction of sp³-hybridized carbons (Fsp3) is 0.200. The third kappa shape index (κ3) is 6.11. The number of benzene rings is 3. The van der Waals surface area contributed by atoms with Crippen LogP contribution in [0.3, 0.4) is 0 Å². The molecule has 244 valence electrons. The lowest BCUT2D eigenvalue weighted by molar-refractivity contribution is -0.384. The number of ether oxygens (including phenoxy) is 1. The van der Waals surface area contributed by atoms with Gasteiger partial charge in [0.1, 0.15) is 11.3 Å². The van der Waals surface area contributed by atoms with Gasteiger partial charge in [-0.05, 0) is 41.5 Å². The minimum absolute atomic E-state index is 0.0145. The summed E-state index contributed by atoms with van der Waals surface area (Å²) in [7, 11) is -4.07. The van der Waals surface area contributed by atoms with Crippen molar-refractivity contribution in [3.63, 3.8) is 0 Å². The summed E-state index contributed by atoms with van der Waals surface area (Å²) >= 11 is 0. The molecule has 0 bridgehead atoms. The van der Waals surface area contributed by atoms with Crippen molar-refractivity contribution in [3.05, 3.63) is 113 Å². The molecule has 0 unspecified atom stereocenters. The number of rotatable bonds is 10. The number of nitrogens with zero attached hydrogens (tertiary/aromatic N) is 5. The molecule has 48 heavy (non-hydrogen) atoms. The number of nitrogens with one attached hydrogen (secondary N) is 1. The number of nitro groups is 1. The molecular weight excluding hydrogens is 632 g/mol. The highest BCUT2D eigenvalue weighted by atomic mass is 32.2. The molecule has 0 radical (unpaired) electrons. The molecule has 12 nitrogen and oxygen atoms in total. The maximum atomic E-state index is 14.2. The zero-order chi connectivity index (χ0) is 33.3. The first-order chi connectivity index (χ1) is 23.3. The van der Waals surface area contributed by atoms with Crippen LogP contribution in [0.1, 0.15) is 5.56 Å². The monoisotopic (exact) mass is 664 g/mol. The number of H-pyrrole nitrogens is 1. The Bertz CT molecular complexity index is 2190. The molecule has 6 aromatic rings. The number of nitro benzene ring substituents is 1. The van der Waals surface area contributed by atoms with E-state index >= 15 is 0 Å². The van der Waals surface area contributed by atoms with E-state index in [1.807, 2.05) is 18.2 Å². The number of aliphatic hydroxyl groups is 1. The summed E-state index contributed by atoms with van der Waals surface area (Å²) in [5.74, 6) is 0. The van der Waals surface area contributed by atoms with Gasteiger partial charge >= 0.3 is 0 Å². The zero-order valence-corrected chi connectivity index (χ0v) is 26.6. The van der Waals surface area contributed by atoms with Crippen LogP contribution in [0.15, 0.2) is 107 Å². The van der Waals surface area contributed by atoms with Gasteiger partial charge in [-0.1, -0.05) is 42.5 Å². The Labute approximate surface area is 276 Å². The molecule has 1 fully saturated rings. The van der Waals surface area contributed by atoms with Gasteiger partial charge < -0.3 is 14.8 Å². The first-order valence-electron chi connectivity index (χ1n) is 15.5. The van der Waals surface area contributed by atoms with Crippen molar-refractivity contribution in [2.45, 2.75) is 22.9 Å². The molecule has 1 aliphatic heterocycles. The lowest BCUT2D eigenvalue weighted by Crippen LogP contribution is -2.35. The summed E-state index contributed by atoms with van der Waals surface area (Å²) in [5.41, 5.74) is 5.05. The van der Waals surface area contributed by atoms with E-state index in [0.29, 0.717) is 33.4 Å². The van der Waals surface area contributed by atoms with Crippen LogP contribution < -0.4 is 0 Å². The number of aromatic amines is 1. The maximum Gasteiger partial charge on any atom is 0.269 e. The quantitative estimate of drug-likeness (QED) is 0.146. The van der Waals surface area contributed by atoms with E-state index in [9.17, 15) is 23.6 Å². The molecule has 1 saturated heterocycles. The highest BCUT2D eigenvalue weighted by molar-refractivity contribution is 7.91. The van der Waals surface area contributed by atoms with Crippen LogP contribution in [-0.2, 0) is 27.7 Å².